The molecule has 0 atom stereocenters. The van der Waals surface area contributed by atoms with Crippen molar-refractivity contribution < 1.29 is 17.9 Å². The Kier molecular flexibility index (Phi) is 9.83. The molecule has 0 bridgehead atoms. The molecular weight excluding hydrogens is 434 g/mol. The topological polar surface area (TPSA) is 102 Å². The number of carbonyl (C=O) groups excluding carboxylic acids is 1. The Morgan fingerprint density at radius 1 is 1.16 bits per heavy atom. The average molecular weight is 466 g/mol. The van der Waals surface area contributed by atoms with Gasteiger partial charge in [0.05, 0.1) is 5.69 Å². The third-order valence-corrected chi connectivity index (χ3v) is 6.30. The summed E-state index contributed by atoms with van der Waals surface area (Å²) >= 11 is 1.17. The second-order valence-corrected chi connectivity index (χ2v) is 9.98. The van der Waals surface area contributed by atoms with Gasteiger partial charge in [-0.05, 0) is 57.7 Å². The van der Waals surface area contributed by atoms with Crippen molar-refractivity contribution in [2.75, 3.05) is 38.3 Å². The number of nitrogens with zero attached hydrogens (tertiary/aromatic N) is 1. The zero-order chi connectivity index (χ0) is 22.9. The smallest absolute Gasteiger partial charge is 0.241 e. The molecule has 9 heteroatoms. The van der Waals surface area contributed by atoms with Crippen LogP contribution in [0.5, 0.6) is 11.5 Å². The van der Waals surface area contributed by atoms with E-state index in [1.54, 1.807) is 30.3 Å². The van der Waals surface area contributed by atoms with Gasteiger partial charge in [0.15, 0.2) is 5.75 Å². The Bertz CT molecular complexity index is 964. The number of rotatable bonds is 12. The van der Waals surface area contributed by atoms with E-state index in [2.05, 4.69) is 17.1 Å². The van der Waals surface area contributed by atoms with E-state index in [0.29, 0.717) is 23.7 Å². The second kappa shape index (κ2) is 12.1. The predicted octanol–water partition coefficient (Wildman–Crippen LogP) is 4.16. The summed E-state index contributed by atoms with van der Waals surface area (Å²) in [6, 6.07) is 11.8. The van der Waals surface area contributed by atoms with Crippen LogP contribution in [0.2, 0.25) is 0 Å². The van der Waals surface area contributed by atoms with Gasteiger partial charge in [-0.3, -0.25) is 4.79 Å². The van der Waals surface area contributed by atoms with Gasteiger partial charge in [-0.2, -0.15) is 0 Å². The van der Waals surface area contributed by atoms with Crippen molar-refractivity contribution in [3.63, 3.8) is 0 Å². The number of unbranched alkanes of at least 4 members (excludes halogenated alkanes) is 1. The van der Waals surface area contributed by atoms with E-state index in [-0.39, 0.29) is 21.3 Å². The van der Waals surface area contributed by atoms with Gasteiger partial charge in [-0.1, -0.05) is 43.3 Å². The molecule has 2 aromatic carbocycles. The molecule has 0 aliphatic carbocycles. The van der Waals surface area contributed by atoms with Crippen LogP contribution in [0.4, 0.5) is 5.69 Å². The summed E-state index contributed by atoms with van der Waals surface area (Å²) in [6.45, 7) is 3.54. The fourth-order valence-electron chi connectivity index (χ4n) is 2.80. The Labute approximate surface area is 189 Å². The molecule has 0 aliphatic heterocycles. The van der Waals surface area contributed by atoms with Crippen LogP contribution in [0.15, 0.2) is 47.4 Å². The summed E-state index contributed by atoms with van der Waals surface area (Å²) in [6.07, 6.45) is 2.69. The van der Waals surface area contributed by atoms with E-state index in [0.717, 1.165) is 25.8 Å². The van der Waals surface area contributed by atoms with Gasteiger partial charge in [0, 0.05) is 17.9 Å². The minimum Gasteiger partial charge on any atom is -0.454 e. The Morgan fingerprint density at radius 3 is 2.48 bits per heavy atom. The highest BCUT2D eigenvalue weighted by Gasteiger charge is 2.23. The molecule has 0 radical (unpaired) electrons. The van der Waals surface area contributed by atoms with Crippen LogP contribution in [-0.4, -0.2) is 51.4 Å². The van der Waals surface area contributed by atoms with Crippen LogP contribution >= 0.6 is 11.8 Å². The molecule has 0 spiro atoms. The summed E-state index contributed by atoms with van der Waals surface area (Å²) in [5.41, 5.74) is 0.708. The number of anilines is 1. The van der Waals surface area contributed by atoms with Gasteiger partial charge in [0.25, 0.3) is 0 Å². The maximum atomic E-state index is 12.8. The van der Waals surface area contributed by atoms with Crippen molar-refractivity contribution >= 4 is 32.6 Å². The minimum absolute atomic E-state index is 0.0963. The number of thioether (sulfide) groups is 1. The van der Waals surface area contributed by atoms with Crippen LogP contribution in [0.25, 0.3) is 0 Å². The predicted molar refractivity (Wildman–Crippen MR) is 128 cm³/mol. The van der Waals surface area contributed by atoms with Crippen molar-refractivity contribution in [1.82, 2.24) is 4.90 Å². The molecular formula is C22H31N3O4S2. The number of benzene rings is 2. The summed E-state index contributed by atoms with van der Waals surface area (Å²) in [5, 5.41) is 8.51. The van der Waals surface area contributed by atoms with E-state index < -0.39 is 10.0 Å². The van der Waals surface area contributed by atoms with Crippen LogP contribution < -0.4 is 15.2 Å². The molecule has 2 aromatic rings. The lowest BCUT2D eigenvalue weighted by atomic mass is 10.2. The number of carbonyl (C=O) groups is 1. The number of para-hydroxylation sites is 1. The molecule has 31 heavy (non-hydrogen) atoms. The second-order valence-electron chi connectivity index (χ2n) is 7.38. The first-order valence-corrected chi connectivity index (χ1v) is 12.7. The lowest BCUT2D eigenvalue weighted by Crippen LogP contribution is -2.16. The Balaban J connectivity index is 2.41. The number of nitrogens with one attached hydrogen (secondary N) is 1. The van der Waals surface area contributed by atoms with Gasteiger partial charge in [-0.15, -0.1) is 0 Å². The summed E-state index contributed by atoms with van der Waals surface area (Å²) in [7, 11) is -0.179. The summed E-state index contributed by atoms with van der Waals surface area (Å²) in [5.74, 6) is 1.21. The van der Waals surface area contributed by atoms with Crippen LogP contribution in [0.3, 0.4) is 0 Å². The number of hydrogen-bond donors (Lipinski definition) is 2. The summed E-state index contributed by atoms with van der Waals surface area (Å²) < 4.78 is 30.7. The lowest BCUT2D eigenvalue weighted by Gasteiger charge is -2.17. The number of primary sulfonamides is 1. The average Bonchev–Trinajstić information content (AvgIpc) is 2.72. The zero-order valence-electron chi connectivity index (χ0n) is 18.3. The van der Waals surface area contributed by atoms with Crippen molar-refractivity contribution in [2.45, 2.75) is 31.1 Å². The molecule has 7 nitrogen and oxygen atoms in total. The number of nitrogens with two attached hydrogens (primary N) is 1. The van der Waals surface area contributed by atoms with E-state index in [4.69, 9.17) is 9.88 Å². The van der Waals surface area contributed by atoms with E-state index in [1.165, 1.54) is 17.8 Å². The van der Waals surface area contributed by atoms with Crippen molar-refractivity contribution in [1.29, 1.82) is 0 Å². The van der Waals surface area contributed by atoms with Crippen molar-refractivity contribution in [2.24, 2.45) is 5.14 Å². The maximum absolute atomic E-state index is 12.8. The third-order valence-electron chi connectivity index (χ3n) is 4.39. The molecule has 2 rings (SSSR count). The van der Waals surface area contributed by atoms with Gasteiger partial charge >= 0.3 is 0 Å². The number of hydrogen-bond acceptors (Lipinski definition) is 7. The van der Waals surface area contributed by atoms with Crippen LogP contribution in [0.1, 0.15) is 36.5 Å². The van der Waals surface area contributed by atoms with E-state index >= 15 is 0 Å². The van der Waals surface area contributed by atoms with E-state index in [9.17, 15) is 13.2 Å². The van der Waals surface area contributed by atoms with Crippen LogP contribution in [-0.2, 0) is 10.0 Å². The third kappa shape index (κ3) is 8.17. The Morgan fingerprint density at radius 2 is 1.87 bits per heavy atom. The quantitative estimate of drug-likeness (QED) is 0.454. The minimum atomic E-state index is -4.13. The van der Waals surface area contributed by atoms with Gasteiger partial charge < -0.3 is 15.0 Å². The summed E-state index contributed by atoms with van der Waals surface area (Å²) in [4.78, 5) is 14.6. The highest BCUT2D eigenvalue weighted by molar-refractivity contribution is 8.14. The molecule has 0 heterocycles. The largest absolute Gasteiger partial charge is 0.454 e. The molecule has 0 aromatic heterocycles. The van der Waals surface area contributed by atoms with Gasteiger partial charge in [0.2, 0.25) is 15.1 Å². The lowest BCUT2D eigenvalue weighted by molar-refractivity contribution is 0.108. The van der Waals surface area contributed by atoms with Crippen molar-refractivity contribution in [3.8, 4) is 11.5 Å². The molecule has 0 unspecified atom stereocenters. The SMILES string of the molecule is CCCCNc1cc(C(=O)SCCCN(C)C)cc(S(N)(=O)=O)c1Oc1ccccc1. The highest BCUT2D eigenvalue weighted by atomic mass is 32.2. The van der Waals surface area contributed by atoms with Gasteiger partial charge in [-0.25, -0.2) is 13.6 Å². The highest BCUT2D eigenvalue weighted by Crippen LogP contribution is 2.38. The first-order valence-electron chi connectivity index (χ1n) is 10.2. The fraction of sp³-hybridized carbons (Fsp3) is 0.409. The Hall–Kier alpha value is -2.07. The monoisotopic (exact) mass is 465 g/mol. The molecule has 0 saturated carbocycles. The van der Waals surface area contributed by atoms with E-state index in [1.807, 2.05) is 20.2 Å². The molecule has 0 aliphatic rings. The molecule has 0 saturated heterocycles. The fourth-order valence-corrected chi connectivity index (χ4v) is 4.25. The zero-order valence-corrected chi connectivity index (χ0v) is 19.9. The number of ether oxygens (including phenoxy) is 1. The van der Waals surface area contributed by atoms with Crippen LogP contribution in [0, 0.1) is 0 Å². The standard InChI is InChI=1S/C22H31N3O4S2/c1-4-5-12-24-19-15-17(22(26)30-14-9-13-25(2)3)16-20(31(23,27)28)21(19)29-18-10-7-6-8-11-18/h6-8,10-11,15-16,24H,4-5,9,12-14H2,1-3H3,(H2,23,27,28). The normalized spacial score (nSPS) is 11.5. The molecule has 170 valence electrons. The number of sulfonamides is 1. The maximum Gasteiger partial charge on any atom is 0.241 e. The van der Waals surface area contributed by atoms with Crippen molar-refractivity contribution in [3.05, 3.63) is 48.0 Å². The molecule has 3 N–H and O–H groups in total. The van der Waals surface area contributed by atoms with Gasteiger partial charge in [0.1, 0.15) is 10.6 Å². The first-order chi connectivity index (χ1) is 14.7. The molecule has 0 amide bonds. The molecule has 0 fully saturated rings. The first kappa shape index (κ1) is 25.2.